The predicted octanol–water partition coefficient (Wildman–Crippen LogP) is 4.39. The van der Waals surface area contributed by atoms with E-state index in [9.17, 15) is 9.18 Å². The van der Waals surface area contributed by atoms with E-state index in [-0.39, 0.29) is 36.1 Å². The van der Waals surface area contributed by atoms with Crippen molar-refractivity contribution in [1.29, 1.82) is 0 Å². The lowest BCUT2D eigenvalue weighted by Crippen LogP contribution is -2.53. The number of carbonyl (C=O) groups excluding carboxylic acids is 1. The van der Waals surface area contributed by atoms with E-state index in [1.54, 1.807) is 4.90 Å². The number of hydrogen-bond donors (Lipinski definition) is 0. The minimum absolute atomic E-state index is 0.0978. The fraction of sp³-hybridized carbons (Fsp3) is 0.893. The van der Waals surface area contributed by atoms with Crippen molar-refractivity contribution in [2.45, 2.75) is 107 Å². The Morgan fingerprint density at radius 2 is 1.87 bits per heavy atom. The maximum atomic E-state index is 15.3. The summed E-state index contributed by atoms with van der Waals surface area (Å²) in [5.74, 6) is -2.47. The van der Waals surface area contributed by atoms with Crippen molar-refractivity contribution in [3.63, 3.8) is 0 Å². The van der Waals surface area contributed by atoms with Gasteiger partial charge in [-0.05, 0) is 64.3 Å². The van der Waals surface area contributed by atoms with E-state index in [1.807, 2.05) is 6.92 Å². The van der Waals surface area contributed by atoms with Crippen LogP contribution in [0.4, 0.5) is 13.2 Å². The second-order valence-corrected chi connectivity index (χ2v) is 13.1. The minimum Gasteiger partial charge on any atom is -0.343 e. The molecule has 3 aliphatic carbocycles. The van der Waals surface area contributed by atoms with Crippen LogP contribution < -0.4 is 0 Å². The standard InChI is InChI=1S/C28H42F3N5O2/c1-27(26-32-25(38-33-26)20-14-22(20)29)9-12-35(13-10-27)24(37)15-21-23(4-3-8-28(21,30)31)36-11-7-19(17-36)34(2)16-18-5-6-18/h18-23H,3-17H2,1-2H3/t19-,20+,21+,22-,23-/m0/s1. The summed E-state index contributed by atoms with van der Waals surface area (Å²) in [6.45, 7) is 5.78. The first kappa shape index (κ1) is 26.5. The molecule has 5 fully saturated rings. The Morgan fingerprint density at radius 3 is 2.55 bits per heavy atom. The summed E-state index contributed by atoms with van der Waals surface area (Å²) in [4.78, 5) is 24.3. The highest BCUT2D eigenvalue weighted by molar-refractivity contribution is 5.76. The van der Waals surface area contributed by atoms with E-state index in [0.29, 0.717) is 56.5 Å². The normalized spacial score (nSPS) is 35.1. The lowest BCUT2D eigenvalue weighted by Gasteiger charge is -2.44. The van der Waals surface area contributed by atoms with Crippen molar-refractivity contribution in [3.8, 4) is 0 Å². The minimum atomic E-state index is -2.82. The van der Waals surface area contributed by atoms with Crippen molar-refractivity contribution in [2.24, 2.45) is 11.8 Å². The molecule has 1 aromatic rings. The summed E-state index contributed by atoms with van der Waals surface area (Å²) in [7, 11) is 2.17. The van der Waals surface area contributed by atoms with E-state index < -0.39 is 18.0 Å². The molecule has 212 valence electrons. The fourth-order valence-corrected chi connectivity index (χ4v) is 7.06. The summed E-state index contributed by atoms with van der Waals surface area (Å²) in [6, 6.07) is 0.181. The van der Waals surface area contributed by atoms with Gasteiger partial charge in [-0.2, -0.15) is 4.98 Å². The summed E-state index contributed by atoms with van der Waals surface area (Å²) in [6.07, 6.45) is 5.47. The lowest BCUT2D eigenvalue weighted by molar-refractivity contribution is -0.149. The number of amides is 1. The topological polar surface area (TPSA) is 65.7 Å². The number of rotatable bonds is 8. The average Bonchev–Trinajstić information content (AvgIpc) is 3.70. The molecule has 0 unspecified atom stereocenters. The highest BCUT2D eigenvalue weighted by atomic mass is 19.3. The second kappa shape index (κ2) is 10.1. The Kier molecular flexibility index (Phi) is 7.02. The van der Waals surface area contributed by atoms with Crippen LogP contribution >= 0.6 is 0 Å². The number of alkyl halides is 3. The van der Waals surface area contributed by atoms with Gasteiger partial charge in [0.2, 0.25) is 11.8 Å². The van der Waals surface area contributed by atoms with Crippen molar-refractivity contribution in [1.82, 2.24) is 24.8 Å². The molecule has 10 heteroatoms. The largest absolute Gasteiger partial charge is 0.343 e. The Bertz CT molecular complexity index is 1010. The van der Waals surface area contributed by atoms with Gasteiger partial charge in [-0.15, -0.1) is 0 Å². The molecule has 38 heavy (non-hydrogen) atoms. The maximum Gasteiger partial charge on any atom is 0.252 e. The van der Waals surface area contributed by atoms with Crippen molar-refractivity contribution in [3.05, 3.63) is 11.7 Å². The van der Waals surface area contributed by atoms with E-state index in [2.05, 4.69) is 27.0 Å². The molecule has 0 spiro atoms. The Balaban J connectivity index is 1.06. The zero-order valence-corrected chi connectivity index (χ0v) is 22.8. The highest BCUT2D eigenvalue weighted by Gasteiger charge is 2.51. The number of likely N-dealkylation sites (N-methyl/N-ethyl adjacent to an activating group) is 1. The SMILES string of the molecule is CN(CC1CC1)[C@H]1CCN([C@H]2CCCC(F)(F)[C@@H]2CC(=O)N2CCC(C)(c3noc([C@@H]4C[C@@H]4F)n3)CC2)C1. The smallest absolute Gasteiger partial charge is 0.252 e. The third kappa shape index (κ3) is 5.36. The van der Waals surface area contributed by atoms with E-state index in [4.69, 9.17) is 4.52 Å². The van der Waals surface area contributed by atoms with Crippen LogP contribution in [0.2, 0.25) is 0 Å². The first-order chi connectivity index (χ1) is 18.1. The number of halogens is 3. The van der Waals surface area contributed by atoms with Crippen molar-refractivity contribution >= 4 is 5.91 Å². The summed E-state index contributed by atoms with van der Waals surface area (Å²) >= 11 is 0. The fourth-order valence-electron chi connectivity index (χ4n) is 7.06. The van der Waals surface area contributed by atoms with Gasteiger partial charge in [-0.25, -0.2) is 13.2 Å². The molecule has 0 bridgehead atoms. The van der Waals surface area contributed by atoms with E-state index >= 15 is 8.78 Å². The summed E-state index contributed by atoms with van der Waals surface area (Å²) < 4.78 is 49.3. The predicted molar refractivity (Wildman–Crippen MR) is 136 cm³/mol. The van der Waals surface area contributed by atoms with Gasteiger partial charge in [0.1, 0.15) is 6.17 Å². The molecule has 3 saturated carbocycles. The van der Waals surface area contributed by atoms with Crippen LogP contribution in [-0.4, -0.2) is 94.7 Å². The first-order valence-electron chi connectivity index (χ1n) is 14.7. The zero-order chi connectivity index (χ0) is 26.7. The molecule has 2 saturated heterocycles. The van der Waals surface area contributed by atoms with Gasteiger partial charge < -0.3 is 14.3 Å². The van der Waals surface area contributed by atoms with Crippen LogP contribution in [0.5, 0.6) is 0 Å². The molecule has 0 aromatic carbocycles. The van der Waals surface area contributed by atoms with Crippen LogP contribution in [-0.2, 0) is 10.2 Å². The Hall–Kier alpha value is -1.68. The van der Waals surface area contributed by atoms with Gasteiger partial charge in [0, 0.05) is 69.0 Å². The lowest BCUT2D eigenvalue weighted by atomic mass is 9.77. The summed E-state index contributed by atoms with van der Waals surface area (Å²) in [5.41, 5.74) is -0.367. The van der Waals surface area contributed by atoms with Gasteiger partial charge in [0.15, 0.2) is 5.82 Å². The number of carbonyl (C=O) groups is 1. The number of aromatic nitrogens is 2. The molecular weight excluding hydrogens is 495 g/mol. The van der Waals surface area contributed by atoms with Gasteiger partial charge in [-0.1, -0.05) is 12.1 Å². The third-order valence-electron chi connectivity index (χ3n) is 10.2. The number of hydrogen-bond acceptors (Lipinski definition) is 6. The van der Waals surface area contributed by atoms with Crippen LogP contribution in [0.25, 0.3) is 0 Å². The van der Waals surface area contributed by atoms with Gasteiger partial charge in [0.25, 0.3) is 5.92 Å². The molecule has 0 radical (unpaired) electrons. The van der Waals surface area contributed by atoms with Crippen LogP contribution in [0.3, 0.4) is 0 Å². The molecule has 6 rings (SSSR count). The third-order valence-corrected chi connectivity index (χ3v) is 10.2. The molecule has 0 N–H and O–H groups in total. The number of likely N-dealkylation sites (tertiary alicyclic amines) is 2. The average molecular weight is 538 g/mol. The number of nitrogens with zero attached hydrogens (tertiary/aromatic N) is 5. The van der Waals surface area contributed by atoms with Gasteiger partial charge in [0.05, 0.1) is 5.92 Å². The van der Waals surface area contributed by atoms with Crippen LogP contribution in [0, 0.1) is 11.8 Å². The molecule has 2 aliphatic heterocycles. The van der Waals surface area contributed by atoms with E-state index in [1.165, 1.54) is 12.8 Å². The quantitative estimate of drug-likeness (QED) is 0.490. The van der Waals surface area contributed by atoms with Crippen LogP contribution in [0.1, 0.15) is 88.8 Å². The molecule has 5 aliphatic rings. The Morgan fingerprint density at radius 1 is 1.13 bits per heavy atom. The molecule has 5 atom stereocenters. The van der Waals surface area contributed by atoms with Gasteiger partial charge in [-0.3, -0.25) is 9.69 Å². The van der Waals surface area contributed by atoms with Crippen molar-refractivity contribution in [2.75, 3.05) is 39.8 Å². The molecule has 7 nitrogen and oxygen atoms in total. The number of piperidine rings is 1. The first-order valence-corrected chi connectivity index (χ1v) is 14.7. The summed E-state index contributed by atoms with van der Waals surface area (Å²) in [5, 5.41) is 4.12. The molecular formula is C28H42F3N5O2. The molecule has 1 amide bonds. The maximum absolute atomic E-state index is 15.3. The monoisotopic (exact) mass is 537 g/mol. The van der Waals surface area contributed by atoms with Crippen molar-refractivity contribution < 1.29 is 22.5 Å². The second-order valence-electron chi connectivity index (χ2n) is 13.1. The van der Waals surface area contributed by atoms with E-state index in [0.717, 1.165) is 38.4 Å². The Labute approximate surface area is 223 Å². The molecule has 1 aromatic heterocycles. The molecule has 3 heterocycles. The van der Waals surface area contributed by atoms with Crippen LogP contribution in [0.15, 0.2) is 4.52 Å². The zero-order valence-electron chi connectivity index (χ0n) is 22.8. The highest BCUT2D eigenvalue weighted by Crippen LogP contribution is 2.45. The van der Waals surface area contributed by atoms with Gasteiger partial charge >= 0.3 is 0 Å².